The zero-order valence-corrected chi connectivity index (χ0v) is 9.29. The molecule has 1 aromatic rings. The van der Waals surface area contributed by atoms with Gasteiger partial charge >= 0.3 is 0 Å². The van der Waals surface area contributed by atoms with Gasteiger partial charge in [-0.05, 0) is 31.9 Å². The van der Waals surface area contributed by atoms with E-state index in [0.717, 1.165) is 16.8 Å². The molecule has 0 fully saturated rings. The molecule has 82 valence electrons. The van der Waals surface area contributed by atoms with E-state index in [1.165, 1.54) is 0 Å². The molecule has 0 radical (unpaired) electrons. The van der Waals surface area contributed by atoms with Gasteiger partial charge in [0.1, 0.15) is 6.04 Å². The van der Waals surface area contributed by atoms with Crippen LogP contribution in [0.4, 0.5) is 5.69 Å². The zero-order chi connectivity index (χ0) is 11.4. The van der Waals surface area contributed by atoms with Gasteiger partial charge in [-0.2, -0.15) is 0 Å². The third-order valence-electron chi connectivity index (χ3n) is 2.38. The van der Waals surface area contributed by atoms with Crippen molar-refractivity contribution in [2.75, 3.05) is 5.32 Å². The van der Waals surface area contributed by atoms with Crippen LogP contribution in [0.2, 0.25) is 0 Å². The third-order valence-corrected chi connectivity index (χ3v) is 2.38. The minimum Gasteiger partial charge on any atom is -0.373 e. The van der Waals surface area contributed by atoms with Gasteiger partial charge in [0.05, 0.1) is 0 Å². The molecule has 1 rings (SSSR count). The van der Waals surface area contributed by atoms with Gasteiger partial charge in [-0.1, -0.05) is 18.2 Å². The van der Waals surface area contributed by atoms with E-state index in [1.807, 2.05) is 32.0 Å². The summed E-state index contributed by atoms with van der Waals surface area (Å²) in [5, 5.41) is 3.14. The number of para-hydroxylation sites is 1. The molecule has 0 aliphatic carbocycles. The molecule has 4 N–H and O–H groups in total. The normalized spacial score (nSPS) is 12.0. The van der Waals surface area contributed by atoms with Crippen LogP contribution in [0.1, 0.15) is 18.1 Å². The van der Waals surface area contributed by atoms with E-state index < -0.39 is 0 Å². The second kappa shape index (κ2) is 4.79. The van der Waals surface area contributed by atoms with Gasteiger partial charge in [0, 0.05) is 5.69 Å². The van der Waals surface area contributed by atoms with Crippen molar-refractivity contribution in [3.63, 3.8) is 0 Å². The lowest BCUT2D eigenvalue weighted by Crippen LogP contribution is -2.41. The van der Waals surface area contributed by atoms with Crippen molar-refractivity contribution in [3.8, 4) is 0 Å². The topological polar surface area (TPSA) is 67.2 Å². The standard InChI is InChI=1S/C11H17N3O/c1-7-5-4-6-8(2)10(7)13-9(3)11(15)14-12/h4-6,9,13H,12H2,1-3H3,(H,14,15). The number of amides is 1. The van der Waals surface area contributed by atoms with E-state index >= 15 is 0 Å². The fourth-order valence-corrected chi connectivity index (χ4v) is 1.45. The van der Waals surface area contributed by atoms with E-state index in [1.54, 1.807) is 6.92 Å². The number of aryl methyl sites for hydroxylation is 2. The lowest BCUT2D eigenvalue weighted by molar-refractivity contribution is -0.121. The molecule has 1 atom stereocenters. The van der Waals surface area contributed by atoms with Gasteiger partial charge in [0.2, 0.25) is 0 Å². The fourth-order valence-electron chi connectivity index (χ4n) is 1.45. The van der Waals surface area contributed by atoms with Crippen molar-refractivity contribution in [1.82, 2.24) is 5.43 Å². The Morgan fingerprint density at radius 2 is 1.87 bits per heavy atom. The van der Waals surface area contributed by atoms with Crippen LogP contribution in [0.15, 0.2) is 18.2 Å². The zero-order valence-electron chi connectivity index (χ0n) is 9.29. The lowest BCUT2D eigenvalue weighted by Gasteiger charge is -2.17. The number of carbonyl (C=O) groups excluding carboxylic acids is 1. The molecule has 0 aliphatic rings. The average molecular weight is 207 g/mol. The summed E-state index contributed by atoms with van der Waals surface area (Å²) >= 11 is 0. The summed E-state index contributed by atoms with van der Waals surface area (Å²) in [6.07, 6.45) is 0. The van der Waals surface area contributed by atoms with Gasteiger partial charge in [-0.25, -0.2) is 5.84 Å². The molecular formula is C11H17N3O. The Kier molecular flexibility index (Phi) is 3.68. The second-order valence-electron chi connectivity index (χ2n) is 3.64. The maximum absolute atomic E-state index is 11.2. The molecule has 0 aromatic heterocycles. The third kappa shape index (κ3) is 2.70. The Labute approximate surface area is 89.8 Å². The quantitative estimate of drug-likeness (QED) is 0.395. The molecule has 0 spiro atoms. The summed E-state index contributed by atoms with van der Waals surface area (Å²) in [5.74, 6) is 4.84. The van der Waals surface area contributed by atoms with Crippen LogP contribution in [-0.2, 0) is 4.79 Å². The van der Waals surface area contributed by atoms with Crippen molar-refractivity contribution in [1.29, 1.82) is 0 Å². The van der Waals surface area contributed by atoms with Gasteiger partial charge in [-0.15, -0.1) is 0 Å². The van der Waals surface area contributed by atoms with Crippen LogP contribution in [-0.4, -0.2) is 11.9 Å². The van der Waals surface area contributed by atoms with Crippen molar-refractivity contribution in [2.24, 2.45) is 5.84 Å². The van der Waals surface area contributed by atoms with E-state index in [2.05, 4.69) is 10.7 Å². The Hall–Kier alpha value is -1.55. The highest BCUT2D eigenvalue weighted by molar-refractivity contribution is 5.84. The minimum absolute atomic E-state index is 0.224. The molecule has 1 amide bonds. The number of carbonyl (C=O) groups is 1. The highest BCUT2D eigenvalue weighted by Crippen LogP contribution is 2.20. The maximum Gasteiger partial charge on any atom is 0.256 e. The summed E-state index contributed by atoms with van der Waals surface area (Å²) in [5.41, 5.74) is 5.35. The van der Waals surface area contributed by atoms with Gasteiger partial charge in [0.15, 0.2) is 0 Å². The molecule has 1 aromatic carbocycles. The van der Waals surface area contributed by atoms with Crippen LogP contribution in [0.3, 0.4) is 0 Å². The minimum atomic E-state index is -0.338. The predicted octanol–water partition coefficient (Wildman–Crippen LogP) is 1.09. The van der Waals surface area contributed by atoms with Crippen LogP contribution in [0.5, 0.6) is 0 Å². The van der Waals surface area contributed by atoms with E-state index in [4.69, 9.17) is 5.84 Å². The Morgan fingerprint density at radius 1 is 1.33 bits per heavy atom. The Morgan fingerprint density at radius 3 is 2.33 bits per heavy atom. The number of hydrazine groups is 1. The van der Waals surface area contributed by atoms with Crippen molar-refractivity contribution >= 4 is 11.6 Å². The van der Waals surface area contributed by atoms with E-state index in [-0.39, 0.29) is 11.9 Å². The van der Waals surface area contributed by atoms with Crippen LogP contribution in [0, 0.1) is 13.8 Å². The molecular weight excluding hydrogens is 190 g/mol. The first-order valence-electron chi connectivity index (χ1n) is 4.89. The molecule has 4 nitrogen and oxygen atoms in total. The number of hydrogen-bond donors (Lipinski definition) is 3. The Bertz CT molecular complexity index is 343. The fraction of sp³-hybridized carbons (Fsp3) is 0.364. The van der Waals surface area contributed by atoms with Crippen LogP contribution < -0.4 is 16.6 Å². The number of benzene rings is 1. The van der Waals surface area contributed by atoms with Gasteiger partial charge < -0.3 is 5.32 Å². The highest BCUT2D eigenvalue weighted by atomic mass is 16.2. The molecule has 0 heterocycles. The number of anilines is 1. The van der Waals surface area contributed by atoms with E-state index in [0.29, 0.717) is 0 Å². The maximum atomic E-state index is 11.2. The Balaban J connectivity index is 2.85. The SMILES string of the molecule is Cc1cccc(C)c1NC(C)C(=O)NN. The van der Waals surface area contributed by atoms with Gasteiger partial charge in [-0.3, -0.25) is 10.2 Å². The molecule has 4 heteroatoms. The number of hydrogen-bond acceptors (Lipinski definition) is 3. The number of nitrogens with two attached hydrogens (primary N) is 1. The molecule has 0 bridgehead atoms. The average Bonchev–Trinajstić information content (AvgIpc) is 2.22. The monoisotopic (exact) mass is 207 g/mol. The summed E-state index contributed by atoms with van der Waals surface area (Å²) in [6, 6.07) is 5.66. The first kappa shape index (κ1) is 11.5. The number of nitrogens with one attached hydrogen (secondary N) is 2. The van der Waals surface area contributed by atoms with Crippen molar-refractivity contribution < 1.29 is 4.79 Å². The second-order valence-corrected chi connectivity index (χ2v) is 3.64. The largest absolute Gasteiger partial charge is 0.373 e. The van der Waals surface area contributed by atoms with Crippen LogP contribution >= 0.6 is 0 Å². The summed E-state index contributed by atoms with van der Waals surface area (Å²) < 4.78 is 0. The van der Waals surface area contributed by atoms with Gasteiger partial charge in [0.25, 0.3) is 5.91 Å². The molecule has 0 aliphatic heterocycles. The molecule has 0 saturated heterocycles. The van der Waals surface area contributed by atoms with Crippen molar-refractivity contribution in [2.45, 2.75) is 26.8 Å². The molecule has 0 saturated carbocycles. The summed E-state index contributed by atoms with van der Waals surface area (Å²) in [7, 11) is 0. The molecule has 1 unspecified atom stereocenters. The highest BCUT2D eigenvalue weighted by Gasteiger charge is 2.12. The molecule has 15 heavy (non-hydrogen) atoms. The first-order valence-corrected chi connectivity index (χ1v) is 4.89. The van der Waals surface area contributed by atoms with Crippen LogP contribution in [0.25, 0.3) is 0 Å². The smallest absolute Gasteiger partial charge is 0.256 e. The first-order chi connectivity index (χ1) is 7.06. The lowest BCUT2D eigenvalue weighted by atomic mass is 10.1. The van der Waals surface area contributed by atoms with Crippen molar-refractivity contribution in [3.05, 3.63) is 29.3 Å². The number of rotatable bonds is 3. The summed E-state index contributed by atoms with van der Waals surface area (Å²) in [6.45, 7) is 5.78. The predicted molar refractivity (Wildman–Crippen MR) is 61.3 cm³/mol. The summed E-state index contributed by atoms with van der Waals surface area (Å²) in [4.78, 5) is 11.2. The van der Waals surface area contributed by atoms with E-state index in [9.17, 15) is 4.79 Å².